The molecule has 1 fully saturated rings. The summed E-state index contributed by atoms with van der Waals surface area (Å²) in [5, 5.41) is 13.8. The fraction of sp³-hybridized carbons (Fsp3) is 0.692. The van der Waals surface area contributed by atoms with Crippen LogP contribution >= 0.6 is 0 Å². The molecule has 0 bridgehead atoms. The van der Waals surface area contributed by atoms with Crippen molar-refractivity contribution < 1.29 is 9.66 Å². The Balaban J connectivity index is 2.23. The molecule has 110 valence electrons. The molecule has 1 aromatic heterocycles. The molecule has 20 heavy (non-hydrogen) atoms. The van der Waals surface area contributed by atoms with Crippen LogP contribution in [0.4, 0.5) is 11.6 Å². The summed E-state index contributed by atoms with van der Waals surface area (Å²) in [6, 6.07) is 0. The molecule has 7 heteroatoms. The Bertz CT molecular complexity index is 481. The van der Waals surface area contributed by atoms with Crippen LogP contribution in [0.25, 0.3) is 0 Å². The smallest absolute Gasteiger partial charge is 0.349 e. The summed E-state index contributed by atoms with van der Waals surface area (Å²) in [6.45, 7) is 2.12. The molecule has 2 rings (SSSR count). The quantitative estimate of drug-likeness (QED) is 0.658. The van der Waals surface area contributed by atoms with Gasteiger partial charge >= 0.3 is 5.69 Å². The van der Waals surface area contributed by atoms with Crippen molar-refractivity contribution in [3.05, 3.63) is 16.3 Å². The second kappa shape index (κ2) is 6.49. The number of aromatic nitrogens is 2. The summed E-state index contributed by atoms with van der Waals surface area (Å²) in [7, 11) is 1.67. The highest BCUT2D eigenvalue weighted by Gasteiger charge is 2.29. The van der Waals surface area contributed by atoms with Crippen molar-refractivity contribution in [2.45, 2.75) is 45.1 Å². The first kappa shape index (κ1) is 14.5. The zero-order chi connectivity index (χ0) is 14.5. The van der Waals surface area contributed by atoms with E-state index in [2.05, 4.69) is 22.2 Å². The minimum absolute atomic E-state index is 0.00653. The highest BCUT2D eigenvalue weighted by atomic mass is 16.6. The fourth-order valence-corrected chi connectivity index (χ4v) is 2.63. The normalized spacial score (nSPS) is 22.3. The Morgan fingerprint density at radius 1 is 1.50 bits per heavy atom. The second-order valence-corrected chi connectivity index (χ2v) is 5.00. The third-order valence-corrected chi connectivity index (χ3v) is 3.78. The van der Waals surface area contributed by atoms with Crippen LogP contribution in [0.3, 0.4) is 0 Å². The molecule has 7 nitrogen and oxygen atoms in total. The lowest BCUT2D eigenvalue weighted by Crippen LogP contribution is -2.30. The summed E-state index contributed by atoms with van der Waals surface area (Å²) in [4.78, 5) is 18.5. The molecule has 1 aliphatic rings. The number of nitrogens with one attached hydrogen (secondary N) is 1. The van der Waals surface area contributed by atoms with Crippen LogP contribution in [-0.4, -0.2) is 28.0 Å². The van der Waals surface area contributed by atoms with Gasteiger partial charge < -0.3 is 10.1 Å². The van der Waals surface area contributed by atoms with Gasteiger partial charge in [0.1, 0.15) is 12.3 Å². The predicted octanol–water partition coefficient (Wildman–Crippen LogP) is 2.77. The third-order valence-electron chi connectivity index (χ3n) is 3.78. The highest BCUT2D eigenvalue weighted by Crippen LogP contribution is 2.33. The summed E-state index contributed by atoms with van der Waals surface area (Å²) in [6.07, 6.45) is 6.55. The molecule has 0 radical (unpaired) electrons. The van der Waals surface area contributed by atoms with Crippen LogP contribution in [0.5, 0.6) is 5.88 Å². The molecule has 1 saturated carbocycles. The largest absolute Gasteiger partial charge is 0.469 e. The van der Waals surface area contributed by atoms with Crippen molar-refractivity contribution >= 4 is 11.6 Å². The molecule has 1 heterocycles. The molecule has 1 aliphatic carbocycles. The number of anilines is 1. The maximum absolute atomic E-state index is 11.0. The Hall–Kier alpha value is -1.92. The van der Waals surface area contributed by atoms with Crippen molar-refractivity contribution in [1.82, 2.24) is 9.97 Å². The minimum atomic E-state index is -0.501. The minimum Gasteiger partial charge on any atom is -0.469 e. The monoisotopic (exact) mass is 280 g/mol. The van der Waals surface area contributed by atoms with Crippen LogP contribution in [0.2, 0.25) is 0 Å². The Labute approximate surface area is 117 Å². The van der Waals surface area contributed by atoms with E-state index >= 15 is 0 Å². The van der Waals surface area contributed by atoms with Crippen molar-refractivity contribution in [3.8, 4) is 5.88 Å². The topological polar surface area (TPSA) is 90.2 Å². The van der Waals surface area contributed by atoms with E-state index in [1.807, 2.05) is 0 Å². The van der Waals surface area contributed by atoms with E-state index in [4.69, 9.17) is 4.74 Å². The van der Waals surface area contributed by atoms with Crippen LogP contribution in [-0.2, 0) is 0 Å². The molecule has 1 N–H and O–H groups in total. The number of hydrogen-bond acceptors (Lipinski definition) is 6. The zero-order valence-electron chi connectivity index (χ0n) is 11.8. The van der Waals surface area contributed by atoms with E-state index in [1.165, 1.54) is 12.6 Å². The Kier molecular flexibility index (Phi) is 4.70. The molecule has 0 spiro atoms. The molecule has 0 amide bonds. The van der Waals surface area contributed by atoms with Crippen LogP contribution in [0.15, 0.2) is 6.20 Å². The van der Waals surface area contributed by atoms with E-state index in [0.717, 1.165) is 25.7 Å². The maximum atomic E-state index is 11.0. The van der Waals surface area contributed by atoms with Gasteiger partial charge in [0, 0.05) is 7.05 Å². The Morgan fingerprint density at radius 2 is 2.25 bits per heavy atom. The van der Waals surface area contributed by atoms with Gasteiger partial charge in [0.15, 0.2) is 0 Å². The first-order valence-corrected chi connectivity index (χ1v) is 7.01. The van der Waals surface area contributed by atoms with Crippen molar-refractivity contribution in [1.29, 1.82) is 0 Å². The predicted molar refractivity (Wildman–Crippen MR) is 74.9 cm³/mol. The first-order valence-electron chi connectivity index (χ1n) is 7.01. The third kappa shape index (κ3) is 3.15. The second-order valence-electron chi connectivity index (χ2n) is 5.00. The number of rotatable bonds is 5. The lowest BCUT2D eigenvalue weighted by molar-refractivity contribution is -0.386. The van der Waals surface area contributed by atoms with E-state index < -0.39 is 4.92 Å². The summed E-state index contributed by atoms with van der Waals surface area (Å²) < 4.78 is 5.86. The zero-order valence-corrected chi connectivity index (χ0v) is 11.8. The van der Waals surface area contributed by atoms with Gasteiger partial charge in [-0.3, -0.25) is 10.1 Å². The number of nitro groups is 1. The van der Waals surface area contributed by atoms with Crippen LogP contribution in [0, 0.1) is 16.0 Å². The van der Waals surface area contributed by atoms with Gasteiger partial charge in [0.2, 0.25) is 5.95 Å². The molecular formula is C13H20N4O3. The molecular weight excluding hydrogens is 260 g/mol. The number of hydrogen-bond donors (Lipinski definition) is 1. The summed E-state index contributed by atoms with van der Waals surface area (Å²) >= 11 is 0. The van der Waals surface area contributed by atoms with Gasteiger partial charge in [-0.15, -0.1) is 0 Å². The van der Waals surface area contributed by atoms with E-state index in [-0.39, 0.29) is 17.7 Å². The van der Waals surface area contributed by atoms with Gasteiger partial charge in [-0.2, -0.15) is 4.98 Å². The van der Waals surface area contributed by atoms with Crippen LogP contribution < -0.4 is 10.1 Å². The molecule has 2 unspecified atom stereocenters. The molecule has 0 aliphatic heterocycles. The van der Waals surface area contributed by atoms with E-state index in [9.17, 15) is 10.1 Å². The van der Waals surface area contributed by atoms with Gasteiger partial charge in [-0.25, -0.2) is 4.98 Å². The van der Waals surface area contributed by atoms with Crippen LogP contribution in [0.1, 0.15) is 39.0 Å². The molecule has 2 atom stereocenters. The number of ether oxygens (including phenoxy) is 1. The van der Waals surface area contributed by atoms with Gasteiger partial charge in [-0.05, 0) is 31.6 Å². The first-order chi connectivity index (χ1) is 9.65. The van der Waals surface area contributed by atoms with Crippen molar-refractivity contribution in [3.63, 3.8) is 0 Å². The van der Waals surface area contributed by atoms with Crippen molar-refractivity contribution in [2.24, 2.45) is 5.92 Å². The van der Waals surface area contributed by atoms with E-state index in [1.54, 1.807) is 7.05 Å². The molecule has 0 aromatic carbocycles. The average Bonchev–Trinajstić information content (AvgIpc) is 2.47. The van der Waals surface area contributed by atoms with Crippen molar-refractivity contribution in [2.75, 3.05) is 12.4 Å². The maximum Gasteiger partial charge on any atom is 0.349 e. The summed E-state index contributed by atoms with van der Waals surface area (Å²) in [5.74, 6) is 0.838. The summed E-state index contributed by atoms with van der Waals surface area (Å²) in [5.41, 5.74) is -0.176. The van der Waals surface area contributed by atoms with E-state index in [0.29, 0.717) is 11.9 Å². The van der Waals surface area contributed by atoms with Gasteiger partial charge in [0.25, 0.3) is 5.88 Å². The van der Waals surface area contributed by atoms with Gasteiger partial charge in [-0.1, -0.05) is 13.3 Å². The lowest BCUT2D eigenvalue weighted by Gasteiger charge is -2.30. The standard InChI is InChI=1S/C13H20N4O3/c1-3-9-6-4-5-7-11(9)20-12-10(17(18)19)8-15-13(14-2)16-12/h8-9,11H,3-7H2,1-2H3,(H,14,15,16). The molecule has 0 saturated heterocycles. The fourth-order valence-electron chi connectivity index (χ4n) is 2.63. The SMILES string of the molecule is CCC1CCCCC1Oc1nc(NC)ncc1[N+](=O)[O-]. The Morgan fingerprint density at radius 3 is 2.90 bits per heavy atom. The van der Waals surface area contributed by atoms with Gasteiger partial charge in [0.05, 0.1) is 4.92 Å². The average molecular weight is 280 g/mol. The molecule has 1 aromatic rings. The number of nitrogens with zero attached hydrogens (tertiary/aromatic N) is 3. The lowest BCUT2D eigenvalue weighted by atomic mass is 9.85. The highest BCUT2D eigenvalue weighted by molar-refractivity contribution is 5.43.